The first-order valence-corrected chi connectivity index (χ1v) is 13.4. The lowest BCUT2D eigenvalue weighted by atomic mass is 9.66. The number of benzene rings is 6. The molecule has 2 aliphatic rings. The molecule has 0 amide bonds. The molecule has 0 aromatic heterocycles. The van der Waals surface area contributed by atoms with E-state index in [1.165, 1.54) is 44.5 Å². The van der Waals surface area contributed by atoms with Gasteiger partial charge in [0.15, 0.2) is 0 Å². The molecule has 1 spiro atoms. The van der Waals surface area contributed by atoms with Crippen LogP contribution in [0.4, 0.5) is 11.4 Å². The molecule has 1 N–H and O–H groups in total. The van der Waals surface area contributed by atoms with Gasteiger partial charge in [0.2, 0.25) is 0 Å². The molecule has 6 aromatic rings. The van der Waals surface area contributed by atoms with E-state index in [0.29, 0.717) is 0 Å². The number of para-hydroxylation sites is 2. The summed E-state index contributed by atoms with van der Waals surface area (Å²) >= 11 is 0. The average molecular weight is 500 g/mol. The van der Waals surface area contributed by atoms with Crippen molar-refractivity contribution in [2.45, 2.75) is 5.41 Å². The van der Waals surface area contributed by atoms with Crippen LogP contribution in [0.15, 0.2) is 146 Å². The molecule has 0 fully saturated rings. The topological polar surface area (TPSA) is 21.3 Å². The predicted octanol–water partition coefficient (Wildman–Crippen LogP) is 9.57. The Labute approximate surface area is 228 Å². The number of anilines is 2. The quantitative estimate of drug-likeness (QED) is 0.261. The highest BCUT2D eigenvalue weighted by Crippen LogP contribution is 2.63. The lowest BCUT2D eigenvalue weighted by Gasteiger charge is -2.39. The molecule has 2 heteroatoms. The molecule has 0 unspecified atom stereocenters. The highest BCUT2D eigenvalue weighted by atomic mass is 16.5. The van der Waals surface area contributed by atoms with Crippen molar-refractivity contribution in [1.82, 2.24) is 0 Å². The van der Waals surface area contributed by atoms with Gasteiger partial charge in [0.05, 0.1) is 5.41 Å². The van der Waals surface area contributed by atoms with E-state index in [-0.39, 0.29) is 0 Å². The molecule has 0 saturated heterocycles. The van der Waals surface area contributed by atoms with Crippen LogP contribution in [0.5, 0.6) is 11.5 Å². The molecule has 184 valence electrons. The highest BCUT2D eigenvalue weighted by molar-refractivity contribution is 5.95. The van der Waals surface area contributed by atoms with Crippen LogP contribution in [0.25, 0.3) is 22.3 Å². The second-order valence-corrected chi connectivity index (χ2v) is 10.2. The van der Waals surface area contributed by atoms with Gasteiger partial charge in [0.25, 0.3) is 0 Å². The van der Waals surface area contributed by atoms with E-state index in [1.807, 2.05) is 0 Å². The van der Waals surface area contributed by atoms with Crippen molar-refractivity contribution in [2.75, 3.05) is 5.32 Å². The monoisotopic (exact) mass is 499 g/mol. The van der Waals surface area contributed by atoms with Crippen molar-refractivity contribution < 1.29 is 4.74 Å². The summed E-state index contributed by atoms with van der Waals surface area (Å²) in [4.78, 5) is 0. The number of nitrogens with one attached hydrogen (secondary N) is 1. The SMILES string of the molecule is c1ccc(-c2ccc(Nc3cccc4c3-c3ccccc3C43c4ccccc4Oc4ccccc43)cc2)cc1. The van der Waals surface area contributed by atoms with Crippen LogP contribution in [0.1, 0.15) is 22.3 Å². The molecule has 1 aliphatic carbocycles. The van der Waals surface area contributed by atoms with Crippen LogP contribution < -0.4 is 10.1 Å². The second-order valence-electron chi connectivity index (χ2n) is 10.2. The maximum atomic E-state index is 6.45. The van der Waals surface area contributed by atoms with Crippen LogP contribution in [0.3, 0.4) is 0 Å². The fourth-order valence-electron chi connectivity index (χ4n) is 6.54. The summed E-state index contributed by atoms with van der Waals surface area (Å²) in [5.74, 6) is 1.82. The first kappa shape index (κ1) is 22.0. The van der Waals surface area contributed by atoms with E-state index >= 15 is 0 Å². The maximum Gasteiger partial charge on any atom is 0.132 e. The van der Waals surface area contributed by atoms with Crippen molar-refractivity contribution in [3.8, 4) is 33.8 Å². The lowest BCUT2D eigenvalue weighted by Crippen LogP contribution is -2.32. The summed E-state index contributed by atoms with van der Waals surface area (Å²) in [6.45, 7) is 0. The molecule has 39 heavy (non-hydrogen) atoms. The van der Waals surface area contributed by atoms with Gasteiger partial charge in [-0.1, -0.05) is 115 Å². The Morgan fingerprint density at radius 1 is 0.436 bits per heavy atom. The van der Waals surface area contributed by atoms with E-state index in [4.69, 9.17) is 4.74 Å². The fourth-order valence-corrected chi connectivity index (χ4v) is 6.54. The Hall–Kier alpha value is -5.08. The van der Waals surface area contributed by atoms with Gasteiger partial charge in [-0.2, -0.15) is 0 Å². The van der Waals surface area contributed by atoms with Crippen LogP contribution in [0, 0.1) is 0 Å². The number of fused-ring (bicyclic) bond motifs is 9. The molecule has 8 rings (SSSR count). The molecule has 1 heterocycles. The lowest BCUT2D eigenvalue weighted by molar-refractivity contribution is 0.436. The standard InChI is InChI=1S/C37H25NO/c1-2-11-25(12-3-1)26-21-23-27(24-22-26)38-33-18-10-17-32-36(33)28-13-4-5-14-29(28)37(32)30-15-6-8-19-34(30)39-35-20-9-7-16-31(35)37/h1-24,38H. The Morgan fingerprint density at radius 3 is 1.72 bits per heavy atom. The zero-order chi connectivity index (χ0) is 25.8. The zero-order valence-electron chi connectivity index (χ0n) is 21.3. The molecule has 0 radical (unpaired) electrons. The Balaban J connectivity index is 1.33. The third-order valence-electron chi connectivity index (χ3n) is 8.14. The van der Waals surface area contributed by atoms with E-state index < -0.39 is 5.41 Å². The third-order valence-corrected chi connectivity index (χ3v) is 8.14. The van der Waals surface area contributed by atoms with Gasteiger partial charge in [-0.3, -0.25) is 0 Å². The summed E-state index contributed by atoms with van der Waals surface area (Å²) in [7, 11) is 0. The predicted molar refractivity (Wildman–Crippen MR) is 159 cm³/mol. The minimum absolute atomic E-state index is 0.452. The van der Waals surface area contributed by atoms with Crippen molar-refractivity contribution in [1.29, 1.82) is 0 Å². The van der Waals surface area contributed by atoms with Gasteiger partial charge >= 0.3 is 0 Å². The summed E-state index contributed by atoms with van der Waals surface area (Å²) < 4.78 is 6.45. The molecule has 0 saturated carbocycles. The minimum Gasteiger partial charge on any atom is -0.457 e. The molecular formula is C37H25NO. The number of hydrogen-bond acceptors (Lipinski definition) is 2. The summed E-state index contributed by atoms with van der Waals surface area (Å²) in [6.07, 6.45) is 0. The van der Waals surface area contributed by atoms with Gasteiger partial charge in [-0.15, -0.1) is 0 Å². The molecule has 1 aliphatic heterocycles. The number of ether oxygens (including phenoxy) is 1. The van der Waals surface area contributed by atoms with E-state index in [0.717, 1.165) is 22.9 Å². The third kappa shape index (κ3) is 3.15. The average Bonchev–Trinajstić information content (AvgIpc) is 3.30. The zero-order valence-corrected chi connectivity index (χ0v) is 21.3. The van der Waals surface area contributed by atoms with Crippen molar-refractivity contribution in [3.63, 3.8) is 0 Å². The van der Waals surface area contributed by atoms with Gasteiger partial charge in [0, 0.05) is 28.1 Å². The highest BCUT2D eigenvalue weighted by Gasteiger charge is 2.51. The summed E-state index contributed by atoms with van der Waals surface area (Å²) in [5.41, 5.74) is 11.6. The van der Waals surface area contributed by atoms with Gasteiger partial charge in [0.1, 0.15) is 11.5 Å². The molecular weight excluding hydrogens is 474 g/mol. The smallest absolute Gasteiger partial charge is 0.132 e. The molecule has 0 bridgehead atoms. The Morgan fingerprint density at radius 2 is 1.00 bits per heavy atom. The normalized spacial score (nSPS) is 13.5. The van der Waals surface area contributed by atoms with E-state index in [9.17, 15) is 0 Å². The number of rotatable bonds is 3. The summed E-state index contributed by atoms with van der Waals surface area (Å²) in [5, 5.41) is 3.76. The van der Waals surface area contributed by atoms with Crippen LogP contribution in [-0.4, -0.2) is 0 Å². The van der Waals surface area contributed by atoms with Gasteiger partial charge < -0.3 is 10.1 Å². The Kier molecular flexibility index (Phi) is 4.77. The second kappa shape index (κ2) is 8.47. The van der Waals surface area contributed by atoms with E-state index in [2.05, 4.69) is 151 Å². The van der Waals surface area contributed by atoms with Gasteiger partial charge in [-0.25, -0.2) is 0 Å². The molecule has 0 atom stereocenters. The largest absolute Gasteiger partial charge is 0.457 e. The molecule has 2 nitrogen and oxygen atoms in total. The van der Waals surface area contributed by atoms with Crippen LogP contribution >= 0.6 is 0 Å². The fraction of sp³-hybridized carbons (Fsp3) is 0.0270. The van der Waals surface area contributed by atoms with Gasteiger partial charge in [-0.05, 0) is 58.1 Å². The number of hydrogen-bond donors (Lipinski definition) is 1. The van der Waals surface area contributed by atoms with Crippen molar-refractivity contribution in [3.05, 3.63) is 168 Å². The Bertz CT molecular complexity index is 1810. The van der Waals surface area contributed by atoms with Crippen LogP contribution in [-0.2, 0) is 5.41 Å². The molecule has 6 aromatic carbocycles. The van der Waals surface area contributed by atoms with Crippen molar-refractivity contribution >= 4 is 11.4 Å². The first-order valence-electron chi connectivity index (χ1n) is 13.4. The first-order chi connectivity index (χ1) is 19.3. The van der Waals surface area contributed by atoms with Crippen LogP contribution in [0.2, 0.25) is 0 Å². The summed E-state index contributed by atoms with van der Waals surface area (Å²) in [6, 6.07) is 51.7. The van der Waals surface area contributed by atoms with Crippen molar-refractivity contribution in [2.24, 2.45) is 0 Å². The maximum absolute atomic E-state index is 6.45. The minimum atomic E-state index is -0.452. The van der Waals surface area contributed by atoms with E-state index in [1.54, 1.807) is 0 Å².